The van der Waals surface area contributed by atoms with Crippen LogP contribution in [0, 0.1) is 0 Å². The molecule has 0 saturated carbocycles. The molecule has 532 valence electrons. The maximum absolute atomic E-state index is 12.3. The number of hydrogen-bond acceptors (Lipinski definition) is 35. The van der Waals surface area contributed by atoms with E-state index in [2.05, 4.69) is 0 Å². The summed E-state index contributed by atoms with van der Waals surface area (Å²) in [5.41, 5.74) is 0. The fourth-order valence-electron chi connectivity index (χ4n) is 13.1. The molecule has 21 heterocycles. The quantitative estimate of drug-likeness (QED) is 0.0562. The second-order valence-electron chi connectivity index (χ2n) is 23.0. The second-order valence-corrected chi connectivity index (χ2v) is 23.0. The molecule has 7 N–H and O–H groups in total. The topological polar surface area (TPSA) is 400 Å². The lowest BCUT2D eigenvalue weighted by atomic mass is 9.95. The molecule has 0 aromatic rings. The van der Waals surface area contributed by atoms with Crippen LogP contribution in [0.5, 0.6) is 0 Å². The lowest BCUT2D eigenvalue weighted by Gasteiger charge is -2.51. The zero-order chi connectivity index (χ0) is 66.0. The van der Waals surface area contributed by atoms with Crippen molar-refractivity contribution in [1.82, 2.24) is 0 Å². The Morgan fingerprint density at radius 3 is 0.385 bits per heavy atom. The Labute approximate surface area is 528 Å². The zero-order valence-corrected chi connectivity index (χ0v) is 53.7. The molecule has 21 fully saturated rings. The van der Waals surface area contributed by atoms with Gasteiger partial charge in [0, 0.05) is 99.5 Å². The molecule has 0 aromatic heterocycles. The van der Waals surface area contributed by atoms with Crippen molar-refractivity contribution >= 4 is 0 Å². The molecule has 14 bridgehead atoms. The smallest absolute Gasteiger partial charge is 0.187 e. The first-order valence-corrected chi connectivity index (χ1v) is 30.0. The molecule has 0 radical (unpaired) electrons. The van der Waals surface area contributed by atoms with E-state index in [9.17, 15) is 35.7 Å². The van der Waals surface area contributed by atoms with Gasteiger partial charge in [-0.1, -0.05) is 0 Å². The molecule has 35 atom stereocenters. The van der Waals surface area contributed by atoms with Crippen LogP contribution in [-0.2, 0) is 133 Å². The Bertz CT molecular complexity index is 1680. The van der Waals surface area contributed by atoms with Gasteiger partial charge in [0.2, 0.25) is 0 Å². The molecule has 21 aliphatic heterocycles. The minimum absolute atomic E-state index is 0.227. The number of ether oxygens (including phenoxy) is 28. The van der Waals surface area contributed by atoms with Crippen molar-refractivity contribution < 1.29 is 168 Å². The fourth-order valence-corrected chi connectivity index (χ4v) is 13.1. The van der Waals surface area contributed by atoms with Gasteiger partial charge in [-0.3, -0.25) is 0 Å². The van der Waals surface area contributed by atoms with Gasteiger partial charge in [0.1, 0.15) is 171 Å². The van der Waals surface area contributed by atoms with Gasteiger partial charge in [-0.25, -0.2) is 0 Å². The number of aliphatic hydroxyl groups is 7. The van der Waals surface area contributed by atoms with Crippen LogP contribution >= 0.6 is 0 Å². The average molecular weight is 1330 g/mol. The van der Waals surface area contributed by atoms with E-state index in [1.165, 1.54) is 99.5 Å². The predicted molar refractivity (Wildman–Crippen MR) is 295 cm³/mol. The minimum Gasteiger partial charge on any atom is -0.387 e. The molecule has 0 spiro atoms. The Morgan fingerprint density at radius 2 is 0.297 bits per heavy atom. The largest absolute Gasteiger partial charge is 0.387 e. The van der Waals surface area contributed by atoms with E-state index in [0.717, 1.165) is 0 Å². The Kier molecular flexibility index (Phi) is 29.3. The summed E-state index contributed by atoms with van der Waals surface area (Å²) < 4.78 is 171. The van der Waals surface area contributed by atoms with Crippen LogP contribution in [-0.4, -0.2) is 396 Å². The molecular formula is C56H98O35. The van der Waals surface area contributed by atoms with E-state index in [4.69, 9.17) is 133 Å². The standard InChI is InChI=1S/C56H98O35/c1-64-15-22-36-29(57)43(71-8)50(78-22)86-37-23(16-65-2)80-52(45(73-10)30(37)58)88-39-25(18-67-4)82-54(47(75-12)32(39)60)90-41-27(20-69-6)84-56(49(77-14)34(41)62)91-42-28(21-70-7)83-55(48(76-13)35(42)63)89-40-26(19-68-5)81-53(46(74-11)33(40)61)87-38-24(17-66-3)79-51(85-36)44(72-9)31(38)59/h22-63H,15-21H2,1-14H3/t22-,23-,24-,25-,26-,27-,28-,29+,30+,31+,32+,33+,34+,35+,36-,37-,38-,39-,40-,41-,42-,43-,44-,45-,46-,47-,48+,49+,50-,51?,52-,53-,54-,55-,56-/m1/s1. The summed E-state index contributed by atoms with van der Waals surface area (Å²) in [7, 11) is 18.7. The van der Waals surface area contributed by atoms with E-state index in [1.54, 1.807) is 0 Å². The molecule has 0 aliphatic carbocycles. The Morgan fingerprint density at radius 1 is 0.187 bits per heavy atom. The predicted octanol–water partition coefficient (Wildman–Crippen LogP) is -6.07. The molecule has 0 amide bonds. The van der Waals surface area contributed by atoms with Gasteiger partial charge >= 0.3 is 0 Å². The molecule has 35 nitrogen and oxygen atoms in total. The summed E-state index contributed by atoms with van der Waals surface area (Å²) in [5, 5.41) is 86.2. The molecular weight excluding hydrogens is 1230 g/mol. The average Bonchev–Trinajstić information content (AvgIpc) is 0.810. The zero-order valence-electron chi connectivity index (χ0n) is 53.7. The van der Waals surface area contributed by atoms with E-state index < -0.39 is 215 Å². The van der Waals surface area contributed by atoms with Gasteiger partial charge in [0.15, 0.2) is 44.0 Å². The summed E-state index contributed by atoms with van der Waals surface area (Å²) >= 11 is 0. The monoisotopic (exact) mass is 1330 g/mol. The van der Waals surface area contributed by atoms with Crippen LogP contribution in [0.3, 0.4) is 0 Å². The molecule has 1 unspecified atom stereocenters. The first-order chi connectivity index (χ1) is 43.9. The second kappa shape index (κ2) is 35.4. The highest BCUT2D eigenvalue weighted by Gasteiger charge is 2.61. The van der Waals surface area contributed by atoms with Gasteiger partial charge in [-0.15, -0.1) is 0 Å². The molecule has 21 rings (SSSR count). The van der Waals surface area contributed by atoms with Gasteiger partial charge in [0.05, 0.1) is 46.2 Å². The van der Waals surface area contributed by atoms with E-state index in [1.807, 2.05) is 0 Å². The van der Waals surface area contributed by atoms with Crippen molar-refractivity contribution in [2.24, 2.45) is 0 Å². The van der Waals surface area contributed by atoms with E-state index in [-0.39, 0.29) is 46.2 Å². The summed E-state index contributed by atoms with van der Waals surface area (Å²) in [5.74, 6) is 0. The molecule has 21 aliphatic rings. The van der Waals surface area contributed by atoms with Crippen LogP contribution in [0.2, 0.25) is 0 Å². The third-order valence-electron chi connectivity index (χ3n) is 17.6. The first kappa shape index (κ1) is 75.4. The third-order valence-corrected chi connectivity index (χ3v) is 17.6. The number of rotatable bonds is 21. The lowest BCUT2D eigenvalue weighted by molar-refractivity contribution is -0.400. The number of hydrogen-bond donors (Lipinski definition) is 7. The maximum Gasteiger partial charge on any atom is 0.187 e. The van der Waals surface area contributed by atoms with E-state index >= 15 is 0 Å². The molecule has 91 heavy (non-hydrogen) atoms. The summed E-state index contributed by atoms with van der Waals surface area (Å²) in [6.45, 7) is -1.59. The molecule has 21 saturated heterocycles. The molecule has 0 aromatic carbocycles. The Hall–Kier alpha value is -1.40. The summed E-state index contributed by atoms with van der Waals surface area (Å²) in [6, 6.07) is 0. The maximum atomic E-state index is 12.3. The van der Waals surface area contributed by atoms with Crippen molar-refractivity contribution in [3.8, 4) is 0 Å². The van der Waals surface area contributed by atoms with Gasteiger partial charge in [-0.05, 0) is 0 Å². The molecule has 35 heteroatoms. The van der Waals surface area contributed by atoms with Crippen molar-refractivity contribution in [3.05, 3.63) is 0 Å². The first-order valence-electron chi connectivity index (χ1n) is 30.0. The van der Waals surface area contributed by atoms with Gasteiger partial charge in [0.25, 0.3) is 0 Å². The Balaban J connectivity index is 1.17. The van der Waals surface area contributed by atoms with E-state index in [0.29, 0.717) is 0 Å². The summed E-state index contributed by atoms with van der Waals surface area (Å²) in [6.07, 6.45) is -49.4. The highest BCUT2D eigenvalue weighted by Crippen LogP contribution is 2.41. The van der Waals surface area contributed by atoms with Crippen LogP contribution in [0.4, 0.5) is 0 Å². The van der Waals surface area contributed by atoms with Crippen molar-refractivity contribution in [2.75, 3.05) is 146 Å². The highest BCUT2D eigenvalue weighted by atomic mass is 16.8. The fraction of sp³-hybridized carbons (Fsp3) is 1.00. The number of aliphatic hydroxyl groups excluding tert-OH is 7. The highest BCUT2D eigenvalue weighted by molar-refractivity contribution is 5.03. The van der Waals surface area contributed by atoms with Gasteiger partial charge in [-0.2, -0.15) is 0 Å². The van der Waals surface area contributed by atoms with Crippen LogP contribution in [0.25, 0.3) is 0 Å². The van der Waals surface area contributed by atoms with Crippen LogP contribution in [0.1, 0.15) is 0 Å². The lowest BCUT2D eigenvalue weighted by Crippen LogP contribution is -2.69. The van der Waals surface area contributed by atoms with Crippen molar-refractivity contribution in [1.29, 1.82) is 0 Å². The normalized spacial score (nSPS) is 48.7. The van der Waals surface area contributed by atoms with Crippen molar-refractivity contribution in [3.63, 3.8) is 0 Å². The summed E-state index contributed by atoms with van der Waals surface area (Å²) in [4.78, 5) is 0. The third kappa shape index (κ3) is 16.3. The number of methoxy groups -OCH3 is 14. The minimum atomic E-state index is -1.62. The van der Waals surface area contributed by atoms with Crippen molar-refractivity contribution in [2.45, 2.75) is 215 Å². The van der Waals surface area contributed by atoms with Gasteiger partial charge < -0.3 is 168 Å². The van der Waals surface area contributed by atoms with Crippen LogP contribution in [0.15, 0.2) is 0 Å². The van der Waals surface area contributed by atoms with Crippen LogP contribution < -0.4 is 0 Å². The SMILES string of the molecule is COC[C@H]1O[C@@H]2O[C@H]3[C@H](O)[C@@H](OC)[C@@H](O[C@H]4[C@H](O)[C@@H](OC)C(O[C@H]5[C@H](O)[C@@H](OC)[C@@H](O[C@H]6[C@H](O)[C@@H](OC)[C@@H](O[C@H]7[C@H](O)[C@@H](OC)[C@@H](O[C@H]8[C@H](O)[C@H](OC)[C@@H](O[C@H]1[C@H](O)[C@@H]2OC)O[C@@H]8COC)O[C@@H]7COC)O[C@@H]6COC)O[C@@H]5COC)O[C@@H]4COC)O[C@@H]3COC.